The van der Waals surface area contributed by atoms with Gasteiger partial charge >= 0.3 is 12.0 Å². The minimum absolute atomic E-state index is 0.0790. The van der Waals surface area contributed by atoms with Crippen molar-refractivity contribution in [3.63, 3.8) is 0 Å². The van der Waals surface area contributed by atoms with Gasteiger partial charge in [-0.25, -0.2) is 9.59 Å². The van der Waals surface area contributed by atoms with Crippen molar-refractivity contribution in [3.8, 4) is 0 Å². The number of esters is 1. The normalized spacial score (nSPS) is 10.4. The molecule has 0 aromatic heterocycles. The Morgan fingerprint density at radius 1 is 1.06 bits per heavy atom. The van der Waals surface area contributed by atoms with Crippen LogP contribution in [0.15, 0.2) is 12.0 Å². The SMILES string of the molecule is CCOC(=O)C=C(NC(=O)NC(C)=O)OCC. The van der Waals surface area contributed by atoms with Gasteiger partial charge in [0.25, 0.3) is 0 Å². The van der Waals surface area contributed by atoms with E-state index in [2.05, 4.69) is 10.1 Å². The van der Waals surface area contributed by atoms with E-state index in [1.54, 1.807) is 13.8 Å². The van der Waals surface area contributed by atoms with Crippen LogP contribution in [-0.2, 0) is 19.1 Å². The Morgan fingerprint density at radius 2 is 1.65 bits per heavy atom. The van der Waals surface area contributed by atoms with E-state index in [9.17, 15) is 14.4 Å². The molecule has 0 aliphatic rings. The number of amides is 3. The molecule has 0 radical (unpaired) electrons. The van der Waals surface area contributed by atoms with Gasteiger partial charge in [0, 0.05) is 6.92 Å². The summed E-state index contributed by atoms with van der Waals surface area (Å²) < 4.78 is 9.64. The number of carbonyl (C=O) groups is 3. The quantitative estimate of drug-likeness (QED) is 0.411. The summed E-state index contributed by atoms with van der Waals surface area (Å²) in [4.78, 5) is 32.9. The fraction of sp³-hybridized carbons (Fsp3) is 0.500. The van der Waals surface area contributed by atoms with Crippen molar-refractivity contribution in [3.05, 3.63) is 12.0 Å². The summed E-state index contributed by atoms with van der Waals surface area (Å²) in [5.74, 6) is -1.24. The van der Waals surface area contributed by atoms with Gasteiger partial charge < -0.3 is 9.47 Å². The minimum atomic E-state index is -0.776. The number of nitrogens with one attached hydrogen (secondary N) is 2. The Hall–Kier alpha value is -2.05. The molecule has 0 unspecified atom stereocenters. The van der Waals surface area contributed by atoms with Crippen LogP contribution in [0.2, 0.25) is 0 Å². The zero-order valence-corrected chi connectivity index (χ0v) is 10.0. The molecule has 7 nitrogen and oxygen atoms in total. The van der Waals surface area contributed by atoms with Crippen LogP contribution in [0, 0.1) is 0 Å². The number of imide groups is 1. The average molecular weight is 244 g/mol. The van der Waals surface area contributed by atoms with Crippen LogP contribution in [0.1, 0.15) is 20.8 Å². The average Bonchev–Trinajstić information content (AvgIpc) is 2.16. The van der Waals surface area contributed by atoms with E-state index in [0.29, 0.717) is 0 Å². The monoisotopic (exact) mass is 244 g/mol. The van der Waals surface area contributed by atoms with Crippen LogP contribution in [0.3, 0.4) is 0 Å². The van der Waals surface area contributed by atoms with Crippen molar-refractivity contribution < 1.29 is 23.9 Å². The Morgan fingerprint density at radius 3 is 2.12 bits per heavy atom. The third-order valence-electron chi connectivity index (χ3n) is 1.36. The third kappa shape index (κ3) is 7.83. The molecule has 3 amide bonds. The Balaban J connectivity index is 4.46. The summed E-state index contributed by atoms with van der Waals surface area (Å²) in [5, 5.41) is 4.18. The zero-order chi connectivity index (χ0) is 13.3. The van der Waals surface area contributed by atoms with Crippen LogP contribution < -0.4 is 10.6 Å². The second kappa shape index (κ2) is 8.14. The van der Waals surface area contributed by atoms with Crippen molar-refractivity contribution in [2.24, 2.45) is 0 Å². The lowest BCUT2D eigenvalue weighted by atomic mass is 10.5. The summed E-state index contributed by atoms with van der Waals surface area (Å²) >= 11 is 0. The molecule has 17 heavy (non-hydrogen) atoms. The summed E-state index contributed by atoms with van der Waals surface area (Å²) in [6.45, 7) is 5.00. The molecule has 2 N–H and O–H groups in total. The van der Waals surface area contributed by atoms with E-state index in [1.807, 2.05) is 5.32 Å². The third-order valence-corrected chi connectivity index (χ3v) is 1.36. The minimum Gasteiger partial charge on any atom is -0.479 e. The second-order valence-electron chi connectivity index (χ2n) is 2.83. The zero-order valence-electron chi connectivity index (χ0n) is 10.0. The van der Waals surface area contributed by atoms with E-state index in [1.165, 1.54) is 6.92 Å². The number of ether oxygens (including phenoxy) is 2. The molecule has 0 aliphatic carbocycles. The highest BCUT2D eigenvalue weighted by Gasteiger charge is 2.09. The Kier molecular flexibility index (Phi) is 7.16. The van der Waals surface area contributed by atoms with Crippen LogP contribution in [-0.4, -0.2) is 31.1 Å². The highest BCUT2D eigenvalue weighted by atomic mass is 16.5. The Labute approximate surface area is 99.1 Å². The highest BCUT2D eigenvalue weighted by molar-refractivity contribution is 5.94. The molecule has 0 aromatic carbocycles. The molecular formula is C10H16N2O5. The van der Waals surface area contributed by atoms with E-state index >= 15 is 0 Å². The summed E-state index contributed by atoms with van der Waals surface area (Å²) in [6.07, 6.45) is 0.993. The van der Waals surface area contributed by atoms with E-state index < -0.39 is 17.9 Å². The Bertz CT molecular complexity index is 325. The first kappa shape index (κ1) is 14.9. The van der Waals surface area contributed by atoms with E-state index in [-0.39, 0.29) is 19.1 Å². The number of urea groups is 1. The lowest BCUT2D eigenvalue weighted by Gasteiger charge is -2.09. The van der Waals surface area contributed by atoms with Gasteiger partial charge in [-0.2, -0.15) is 0 Å². The lowest BCUT2D eigenvalue weighted by molar-refractivity contribution is -0.137. The summed E-state index contributed by atoms with van der Waals surface area (Å²) in [6, 6.07) is -0.776. The molecule has 0 fully saturated rings. The smallest absolute Gasteiger partial charge is 0.336 e. The lowest BCUT2D eigenvalue weighted by Crippen LogP contribution is -2.38. The molecule has 0 rings (SSSR count). The van der Waals surface area contributed by atoms with Crippen LogP contribution in [0.5, 0.6) is 0 Å². The highest BCUT2D eigenvalue weighted by Crippen LogP contribution is 1.94. The predicted molar refractivity (Wildman–Crippen MR) is 58.7 cm³/mol. The molecule has 0 saturated carbocycles. The summed E-state index contributed by atoms with van der Waals surface area (Å²) in [7, 11) is 0. The van der Waals surface area contributed by atoms with Gasteiger partial charge in [0.15, 0.2) is 0 Å². The predicted octanol–water partition coefficient (Wildman–Crippen LogP) is 0.273. The first-order valence-electron chi connectivity index (χ1n) is 5.09. The molecule has 0 saturated heterocycles. The fourth-order valence-corrected chi connectivity index (χ4v) is 0.863. The molecule has 0 aromatic rings. The van der Waals surface area contributed by atoms with Crippen LogP contribution in [0.4, 0.5) is 4.79 Å². The molecule has 7 heteroatoms. The molecule has 0 heterocycles. The van der Waals surface area contributed by atoms with Gasteiger partial charge in [0.1, 0.15) is 0 Å². The molecular weight excluding hydrogens is 228 g/mol. The van der Waals surface area contributed by atoms with Crippen LogP contribution >= 0.6 is 0 Å². The molecule has 0 spiro atoms. The van der Waals surface area contributed by atoms with Gasteiger partial charge in [-0.3, -0.25) is 15.4 Å². The van der Waals surface area contributed by atoms with Gasteiger partial charge in [0.2, 0.25) is 11.8 Å². The van der Waals surface area contributed by atoms with Gasteiger partial charge in [-0.15, -0.1) is 0 Å². The van der Waals surface area contributed by atoms with Crippen molar-refractivity contribution in [2.75, 3.05) is 13.2 Å². The molecule has 0 aliphatic heterocycles. The van der Waals surface area contributed by atoms with E-state index in [0.717, 1.165) is 6.08 Å². The van der Waals surface area contributed by atoms with Crippen LogP contribution in [0.25, 0.3) is 0 Å². The van der Waals surface area contributed by atoms with Crippen molar-refractivity contribution in [1.82, 2.24) is 10.6 Å². The second-order valence-corrected chi connectivity index (χ2v) is 2.83. The fourth-order valence-electron chi connectivity index (χ4n) is 0.863. The topological polar surface area (TPSA) is 93.7 Å². The standard InChI is InChI=1S/C10H16N2O5/c1-4-16-8(6-9(14)17-5-2)12-10(15)11-7(3)13/h6H,4-5H2,1-3H3,(H2,11,12,13,15). The molecule has 96 valence electrons. The van der Waals surface area contributed by atoms with Crippen molar-refractivity contribution in [2.45, 2.75) is 20.8 Å². The van der Waals surface area contributed by atoms with E-state index in [4.69, 9.17) is 4.74 Å². The number of carbonyl (C=O) groups excluding carboxylic acids is 3. The molecule has 0 bridgehead atoms. The maximum atomic E-state index is 11.2. The van der Waals surface area contributed by atoms with Gasteiger partial charge in [0.05, 0.1) is 19.3 Å². The maximum absolute atomic E-state index is 11.2. The van der Waals surface area contributed by atoms with Crippen molar-refractivity contribution >= 4 is 17.9 Å². The first-order valence-corrected chi connectivity index (χ1v) is 5.09. The van der Waals surface area contributed by atoms with Gasteiger partial charge in [-0.05, 0) is 13.8 Å². The first-order chi connectivity index (χ1) is 7.99. The number of hydrogen-bond donors (Lipinski definition) is 2. The molecule has 0 atom stereocenters. The van der Waals surface area contributed by atoms with Crippen molar-refractivity contribution in [1.29, 1.82) is 0 Å². The largest absolute Gasteiger partial charge is 0.479 e. The maximum Gasteiger partial charge on any atom is 0.336 e. The number of hydrogen-bond acceptors (Lipinski definition) is 5. The summed E-state index contributed by atoms with van der Waals surface area (Å²) in [5.41, 5.74) is 0. The van der Waals surface area contributed by atoms with Gasteiger partial charge in [-0.1, -0.05) is 0 Å². The number of rotatable bonds is 5.